The van der Waals surface area contributed by atoms with Gasteiger partial charge in [0, 0.05) is 11.3 Å². The average molecular weight is 273 g/mol. The second kappa shape index (κ2) is 5.01. The second-order valence-electron chi connectivity index (χ2n) is 3.71. The molecular weight excluding hydrogens is 263 g/mol. The van der Waals surface area contributed by atoms with E-state index in [1.807, 2.05) is 0 Å². The number of amidine groups is 1. The Morgan fingerprint density at radius 3 is 2.22 bits per heavy atom. The van der Waals surface area contributed by atoms with Crippen LogP contribution in [0.25, 0.3) is 0 Å². The van der Waals surface area contributed by atoms with Crippen LogP contribution in [0.4, 0.5) is 13.2 Å². The highest BCUT2D eigenvalue weighted by Crippen LogP contribution is 2.36. The van der Waals surface area contributed by atoms with Crippen molar-refractivity contribution in [1.82, 2.24) is 0 Å². The van der Waals surface area contributed by atoms with Gasteiger partial charge in [-0.1, -0.05) is 12.1 Å². The lowest BCUT2D eigenvalue weighted by molar-refractivity contribution is -0.0328. The van der Waals surface area contributed by atoms with Crippen molar-refractivity contribution in [3.05, 3.63) is 29.8 Å². The molecule has 1 aromatic rings. The van der Waals surface area contributed by atoms with E-state index in [9.17, 15) is 13.2 Å². The van der Waals surface area contributed by atoms with E-state index in [0.29, 0.717) is 18.7 Å². The second-order valence-corrected chi connectivity index (χ2v) is 4.85. The molecule has 2 rings (SSSR count). The normalized spacial score (nSPS) is 16.2. The fraction of sp³-hybridized carbons (Fsp3) is 0.273. The molecule has 1 aromatic carbocycles. The number of thioether (sulfide) groups is 1. The number of hydrogen-bond acceptors (Lipinski definition) is 4. The Morgan fingerprint density at radius 2 is 1.72 bits per heavy atom. The van der Waals surface area contributed by atoms with Gasteiger partial charge in [0.2, 0.25) is 0 Å². The molecule has 1 aliphatic heterocycles. The minimum Gasteiger partial charge on any atom is -0.386 e. The Bertz CT molecular complexity index is 491. The molecule has 0 bridgehead atoms. The van der Waals surface area contributed by atoms with Crippen LogP contribution < -0.4 is 5.73 Å². The number of alkyl halides is 3. The number of hydrogen-bond donors (Lipinski definition) is 1. The molecule has 1 aliphatic rings. The van der Waals surface area contributed by atoms with Crippen molar-refractivity contribution >= 4 is 23.3 Å². The fourth-order valence-corrected chi connectivity index (χ4v) is 2.06. The van der Waals surface area contributed by atoms with E-state index >= 15 is 0 Å². The monoisotopic (exact) mass is 273 g/mol. The van der Waals surface area contributed by atoms with E-state index in [-0.39, 0.29) is 16.7 Å². The highest BCUT2D eigenvalue weighted by molar-refractivity contribution is 8.00. The van der Waals surface area contributed by atoms with Gasteiger partial charge in [-0.2, -0.15) is 18.3 Å². The first-order valence-corrected chi connectivity index (χ1v) is 6.01. The van der Waals surface area contributed by atoms with Gasteiger partial charge in [0.05, 0.1) is 5.71 Å². The summed E-state index contributed by atoms with van der Waals surface area (Å²) in [5.74, 6) is 0.475. The topological polar surface area (TPSA) is 50.7 Å². The van der Waals surface area contributed by atoms with Crippen molar-refractivity contribution in [1.29, 1.82) is 0 Å². The number of halogens is 3. The third kappa shape index (κ3) is 3.49. The van der Waals surface area contributed by atoms with Gasteiger partial charge in [0.25, 0.3) is 0 Å². The average Bonchev–Trinajstić information content (AvgIpc) is 2.29. The highest BCUT2D eigenvalue weighted by Gasteiger charge is 2.29. The Morgan fingerprint density at radius 1 is 1.06 bits per heavy atom. The van der Waals surface area contributed by atoms with Crippen LogP contribution in [0.5, 0.6) is 0 Å². The molecule has 0 aromatic heterocycles. The van der Waals surface area contributed by atoms with Crippen LogP contribution in [0.2, 0.25) is 0 Å². The summed E-state index contributed by atoms with van der Waals surface area (Å²) in [6, 6.07) is 6.09. The van der Waals surface area contributed by atoms with E-state index in [1.165, 1.54) is 12.1 Å². The van der Waals surface area contributed by atoms with E-state index in [0.717, 1.165) is 11.3 Å². The number of benzene rings is 1. The molecule has 0 saturated heterocycles. The standard InChI is InChI=1S/C11H10F3N3S/c12-11(13,14)18-8-3-1-7(2-4-8)9-5-6-10(15)17-16-9/h1-4H,5-6H2,(H2,15,17). The maximum absolute atomic E-state index is 12.1. The minimum atomic E-state index is -4.26. The summed E-state index contributed by atoms with van der Waals surface area (Å²) in [5.41, 5.74) is 2.74. The van der Waals surface area contributed by atoms with Crippen LogP contribution in [0.15, 0.2) is 39.4 Å². The lowest BCUT2D eigenvalue weighted by Gasteiger charge is -2.10. The van der Waals surface area contributed by atoms with Gasteiger partial charge >= 0.3 is 5.51 Å². The minimum absolute atomic E-state index is 0.131. The summed E-state index contributed by atoms with van der Waals surface area (Å²) in [5, 5.41) is 7.70. The summed E-state index contributed by atoms with van der Waals surface area (Å²) in [6.45, 7) is 0. The Kier molecular flexibility index (Phi) is 3.60. The molecule has 3 nitrogen and oxygen atoms in total. The molecule has 1 heterocycles. The SMILES string of the molecule is NC1=NN=C(c2ccc(SC(F)(F)F)cc2)CC1. The van der Waals surface area contributed by atoms with Gasteiger partial charge in [-0.15, -0.1) is 5.10 Å². The molecule has 18 heavy (non-hydrogen) atoms. The largest absolute Gasteiger partial charge is 0.446 e. The van der Waals surface area contributed by atoms with E-state index < -0.39 is 5.51 Å². The predicted molar refractivity (Wildman–Crippen MR) is 65.7 cm³/mol. The zero-order chi connectivity index (χ0) is 13.2. The van der Waals surface area contributed by atoms with Gasteiger partial charge in [-0.05, 0) is 35.9 Å². The molecule has 2 N–H and O–H groups in total. The fourth-order valence-electron chi connectivity index (χ4n) is 1.52. The molecule has 0 spiro atoms. The molecule has 0 aliphatic carbocycles. The summed E-state index contributed by atoms with van der Waals surface area (Å²) in [7, 11) is 0. The lowest BCUT2D eigenvalue weighted by Crippen LogP contribution is -2.17. The van der Waals surface area contributed by atoms with Crippen molar-refractivity contribution in [2.75, 3.05) is 0 Å². The molecular formula is C11H10F3N3S. The van der Waals surface area contributed by atoms with Gasteiger partial charge in [-0.25, -0.2) is 0 Å². The predicted octanol–water partition coefficient (Wildman–Crippen LogP) is 3.15. The van der Waals surface area contributed by atoms with Crippen molar-refractivity contribution in [3.63, 3.8) is 0 Å². The van der Waals surface area contributed by atoms with Crippen LogP contribution in [-0.2, 0) is 0 Å². The van der Waals surface area contributed by atoms with Crippen LogP contribution in [0.1, 0.15) is 18.4 Å². The zero-order valence-corrected chi connectivity index (χ0v) is 10.1. The molecule has 0 saturated carbocycles. The highest BCUT2D eigenvalue weighted by atomic mass is 32.2. The lowest BCUT2D eigenvalue weighted by atomic mass is 10.1. The summed E-state index contributed by atoms with van der Waals surface area (Å²) >= 11 is -0.131. The van der Waals surface area contributed by atoms with Crippen molar-refractivity contribution in [3.8, 4) is 0 Å². The van der Waals surface area contributed by atoms with E-state index in [1.54, 1.807) is 12.1 Å². The number of nitrogens with two attached hydrogens (primary N) is 1. The maximum Gasteiger partial charge on any atom is 0.446 e. The summed E-state index contributed by atoms with van der Waals surface area (Å²) in [6.07, 6.45) is 1.28. The smallest absolute Gasteiger partial charge is 0.386 e. The molecule has 0 fully saturated rings. The van der Waals surface area contributed by atoms with Crippen molar-refractivity contribution < 1.29 is 13.2 Å². The molecule has 0 unspecified atom stereocenters. The van der Waals surface area contributed by atoms with Crippen LogP contribution >= 0.6 is 11.8 Å². The Hall–Kier alpha value is -1.50. The third-order valence-corrected chi connectivity index (χ3v) is 3.08. The molecule has 0 amide bonds. The molecule has 7 heteroatoms. The van der Waals surface area contributed by atoms with Gasteiger partial charge in [0.15, 0.2) is 0 Å². The number of nitrogens with zero attached hydrogens (tertiary/aromatic N) is 2. The van der Waals surface area contributed by atoms with Crippen molar-refractivity contribution in [2.45, 2.75) is 23.2 Å². The molecule has 0 radical (unpaired) electrons. The van der Waals surface area contributed by atoms with Gasteiger partial charge in [0.1, 0.15) is 5.84 Å². The zero-order valence-electron chi connectivity index (χ0n) is 9.24. The Balaban J connectivity index is 2.13. The first kappa shape index (κ1) is 12.9. The van der Waals surface area contributed by atoms with E-state index in [2.05, 4.69) is 10.2 Å². The van der Waals surface area contributed by atoms with Crippen LogP contribution in [0.3, 0.4) is 0 Å². The Labute approximate surface area is 106 Å². The van der Waals surface area contributed by atoms with Crippen LogP contribution in [0, 0.1) is 0 Å². The van der Waals surface area contributed by atoms with Crippen LogP contribution in [-0.4, -0.2) is 17.1 Å². The summed E-state index contributed by atoms with van der Waals surface area (Å²) < 4.78 is 36.4. The molecule has 96 valence electrons. The first-order valence-electron chi connectivity index (χ1n) is 5.19. The maximum atomic E-state index is 12.1. The summed E-state index contributed by atoms with van der Waals surface area (Å²) in [4.78, 5) is 0.158. The first-order chi connectivity index (χ1) is 8.44. The molecule has 0 atom stereocenters. The van der Waals surface area contributed by atoms with E-state index in [4.69, 9.17) is 5.73 Å². The van der Waals surface area contributed by atoms with Gasteiger partial charge < -0.3 is 5.73 Å². The number of rotatable bonds is 2. The quantitative estimate of drug-likeness (QED) is 0.841. The third-order valence-electron chi connectivity index (χ3n) is 2.34. The van der Waals surface area contributed by atoms with Crippen molar-refractivity contribution in [2.24, 2.45) is 15.9 Å². The van der Waals surface area contributed by atoms with Gasteiger partial charge in [-0.3, -0.25) is 0 Å².